The molecule has 3 aromatic rings. The van der Waals surface area contributed by atoms with Crippen LogP contribution in [-0.4, -0.2) is 24.5 Å². The molecular weight excluding hydrogens is 318 g/mol. The Kier molecular flexibility index (Phi) is 5.26. The highest BCUT2D eigenvalue weighted by Gasteiger charge is 2.08. The van der Waals surface area contributed by atoms with Gasteiger partial charge >= 0.3 is 0 Å². The van der Waals surface area contributed by atoms with E-state index in [-0.39, 0.29) is 0 Å². The Labute approximate surface area is 147 Å². The van der Waals surface area contributed by atoms with E-state index >= 15 is 0 Å². The van der Waals surface area contributed by atoms with Gasteiger partial charge in [-0.25, -0.2) is 4.98 Å². The number of pyridine rings is 1. The largest absolute Gasteiger partial charge is 0.494 e. The van der Waals surface area contributed by atoms with Crippen LogP contribution in [-0.2, 0) is 0 Å². The average molecular weight is 339 g/mol. The molecule has 1 heterocycles. The normalized spacial score (nSPS) is 10.8. The molecule has 0 fully saturated rings. The van der Waals surface area contributed by atoms with Crippen LogP contribution in [0.2, 0.25) is 0 Å². The van der Waals surface area contributed by atoms with Crippen LogP contribution in [0.3, 0.4) is 0 Å². The number of hydrogen-bond acceptors (Lipinski definition) is 4. The van der Waals surface area contributed by atoms with E-state index in [9.17, 15) is 0 Å². The third kappa shape index (κ3) is 3.82. The number of aromatic nitrogens is 1. The van der Waals surface area contributed by atoms with Crippen LogP contribution in [0.5, 0.6) is 11.5 Å². The molecule has 1 aromatic heterocycles. The fraction of sp³-hybridized carbons (Fsp3) is 0.250. The predicted molar refractivity (Wildman–Crippen MR) is 100 cm³/mol. The van der Waals surface area contributed by atoms with Gasteiger partial charge in [0.05, 0.1) is 18.7 Å². The van der Waals surface area contributed by atoms with Crippen molar-refractivity contribution < 1.29 is 9.47 Å². The Morgan fingerprint density at radius 3 is 2.67 bits per heavy atom. The summed E-state index contributed by atoms with van der Waals surface area (Å²) in [5.74, 6) is 2.58. The second-order valence-corrected chi connectivity index (χ2v) is 6.76. The minimum Gasteiger partial charge on any atom is -0.494 e. The van der Waals surface area contributed by atoms with E-state index in [1.165, 1.54) is 11.1 Å². The van der Waals surface area contributed by atoms with Gasteiger partial charge in [-0.2, -0.15) is 0 Å². The highest BCUT2D eigenvalue weighted by molar-refractivity contribution is 7.99. The number of nitrogens with zero attached hydrogens (tertiary/aromatic N) is 1. The van der Waals surface area contributed by atoms with Crippen LogP contribution in [0.15, 0.2) is 53.6 Å². The molecule has 4 heteroatoms. The highest BCUT2D eigenvalue weighted by atomic mass is 32.2. The van der Waals surface area contributed by atoms with Gasteiger partial charge in [0.2, 0.25) is 0 Å². The first-order valence-electron chi connectivity index (χ1n) is 7.94. The molecular formula is C20H21NO2S. The van der Waals surface area contributed by atoms with Crippen molar-refractivity contribution in [3.05, 3.63) is 59.7 Å². The zero-order valence-electron chi connectivity index (χ0n) is 14.2. The van der Waals surface area contributed by atoms with Gasteiger partial charge in [0.15, 0.2) is 0 Å². The lowest BCUT2D eigenvalue weighted by Gasteiger charge is -2.10. The van der Waals surface area contributed by atoms with Gasteiger partial charge < -0.3 is 9.47 Å². The van der Waals surface area contributed by atoms with Crippen LogP contribution < -0.4 is 9.47 Å². The summed E-state index contributed by atoms with van der Waals surface area (Å²) in [7, 11) is 1.68. The standard InChI is InChI=1S/C20H21NO2S/c1-14-6-4-7-16(12-14)23-10-11-24-19-13-15(2)17-8-5-9-18(22-3)20(17)21-19/h4-9,12-13H,10-11H2,1-3H3. The first-order valence-corrected chi connectivity index (χ1v) is 8.92. The quantitative estimate of drug-likeness (QED) is 0.465. The molecule has 3 rings (SSSR count). The Balaban J connectivity index is 1.67. The molecule has 0 saturated heterocycles. The fourth-order valence-electron chi connectivity index (χ4n) is 2.61. The van der Waals surface area contributed by atoms with Crippen molar-refractivity contribution in [2.24, 2.45) is 0 Å². The van der Waals surface area contributed by atoms with Crippen LogP contribution >= 0.6 is 11.8 Å². The molecule has 0 aliphatic carbocycles. The second kappa shape index (κ2) is 7.58. The summed E-state index contributed by atoms with van der Waals surface area (Å²) >= 11 is 1.70. The van der Waals surface area contributed by atoms with Crippen molar-refractivity contribution in [3.8, 4) is 11.5 Å². The van der Waals surface area contributed by atoms with E-state index in [0.717, 1.165) is 33.2 Å². The van der Waals surface area contributed by atoms with E-state index in [1.807, 2.05) is 30.3 Å². The van der Waals surface area contributed by atoms with Gasteiger partial charge in [-0.05, 0) is 49.2 Å². The van der Waals surface area contributed by atoms with Crippen molar-refractivity contribution in [1.82, 2.24) is 4.98 Å². The Morgan fingerprint density at radius 2 is 1.88 bits per heavy atom. The van der Waals surface area contributed by atoms with Crippen molar-refractivity contribution in [1.29, 1.82) is 0 Å². The Morgan fingerprint density at radius 1 is 1.04 bits per heavy atom. The third-order valence-electron chi connectivity index (χ3n) is 3.80. The van der Waals surface area contributed by atoms with E-state index in [2.05, 4.69) is 32.0 Å². The predicted octanol–water partition coefficient (Wildman–Crippen LogP) is 5.03. The molecule has 0 bridgehead atoms. The number of thioether (sulfide) groups is 1. The first kappa shape index (κ1) is 16.7. The highest BCUT2D eigenvalue weighted by Crippen LogP contribution is 2.29. The van der Waals surface area contributed by atoms with E-state index in [0.29, 0.717) is 6.61 Å². The Bertz CT molecular complexity index is 848. The lowest BCUT2D eigenvalue weighted by Crippen LogP contribution is -2.01. The number of para-hydroxylation sites is 1. The van der Waals surface area contributed by atoms with E-state index in [1.54, 1.807) is 18.9 Å². The number of methoxy groups -OCH3 is 1. The van der Waals surface area contributed by atoms with Crippen molar-refractivity contribution >= 4 is 22.7 Å². The molecule has 0 saturated carbocycles. The summed E-state index contributed by atoms with van der Waals surface area (Å²) in [6.07, 6.45) is 0. The molecule has 0 aliphatic heterocycles. The van der Waals surface area contributed by atoms with Crippen molar-refractivity contribution in [2.45, 2.75) is 18.9 Å². The molecule has 0 N–H and O–H groups in total. The van der Waals surface area contributed by atoms with Crippen molar-refractivity contribution in [2.75, 3.05) is 19.5 Å². The number of benzene rings is 2. The zero-order chi connectivity index (χ0) is 16.9. The third-order valence-corrected chi connectivity index (χ3v) is 4.67. The summed E-state index contributed by atoms with van der Waals surface area (Å²) in [6, 6.07) is 16.3. The summed E-state index contributed by atoms with van der Waals surface area (Å²) in [4.78, 5) is 4.75. The average Bonchev–Trinajstić information content (AvgIpc) is 2.58. The maximum absolute atomic E-state index is 5.80. The van der Waals surface area contributed by atoms with Gasteiger partial charge in [-0.1, -0.05) is 24.3 Å². The topological polar surface area (TPSA) is 31.4 Å². The minimum atomic E-state index is 0.652. The van der Waals surface area contributed by atoms with Crippen LogP contribution in [0.4, 0.5) is 0 Å². The lowest BCUT2D eigenvalue weighted by atomic mass is 10.1. The minimum absolute atomic E-state index is 0.652. The van der Waals surface area contributed by atoms with Gasteiger partial charge in [-0.15, -0.1) is 11.8 Å². The maximum Gasteiger partial charge on any atom is 0.145 e. The van der Waals surface area contributed by atoms with Gasteiger partial charge in [0, 0.05) is 11.1 Å². The van der Waals surface area contributed by atoms with Crippen molar-refractivity contribution in [3.63, 3.8) is 0 Å². The number of ether oxygens (including phenoxy) is 2. The maximum atomic E-state index is 5.80. The second-order valence-electron chi connectivity index (χ2n) is 5.65. The molecule has 0 unspecified atom stereocenters. The summed E-state index contributed by atoms with van der Waals surface area (Å²) in [5, 5.41) is 2.13. The smallest absolute Gasteiger partial charge is 0.145 e. The molecule has 24 heavy (non-hydrogen) atoms. The van der Waals surface area contributed by atoms with Gasteiger partial charge in [-0.3, -0.25) is 0 Å². The molecule has 0 amide bonds. The number of fused-ring (bicyclic) bond motifs is 1. The zero-order valence-corrected chi connectivity index (χ0v) is 15.0. The molecule has 124 valence electrons. The summed E-state index contributed by atoms with van der Waals surface area (Å²) in [5.41, 5.74) is 3.34. The van der Waals surface area contributed by atoms with Gasteiger partial charge in [0.25, 0.3) is 0 Å². The Hall–Kier alpha value is -2.20. The number of hydrogen-bond donors (Lipinski definition) is 0. The molecule has 3 nitrogen and oxygen atoms in total. The van der Waals surface area contributed by atoms with Crippen LogP contribution in [0.1, 0.15) is 11.1 Å². The van der Waals surface area contributed by atoms with E-state index < -0.39 is 0 Å². The molecule has 0 spiro atoms. The lowest BCUT2D eigenvalue weighted by molar-refractivity contribution is 0.343. The monoisotopic (exact) mass is 339 g/mol. The number of rotatable bonds is 6. The summed E-state index contributed by atoms with van der Waals surface area (Å²) < 4.78 is 11.2. The number of aryl methyl sites for hydroxylation is 2. The fourth-order valence-corrected chi connectivity index (χ4v) is 3.40. The van der Waals surface area contributed by atoms with Crippen LogP contribution in [0.25, 0.3) is 10.9 Å². The SMILES string of the molecule is COc1cccc2c(C)cc(SCCOc3cccc(C)c3)nc12. The van der Waals surface area contributed by atoms with Gasteiger partial charge in [0.1, 0.15) is 17.0 Å². The molecule has 2 aromatic carbocycles. The molecule has 0 aliphatic rings. The van der Waals surface area contributed by atoms with Crippen LogP contribution in [0, 0.1) is 13.8 Å². The first-order chi connectivity index (χ1) is 11.7. The summed E-state index contributed by atoms with van der Waals surface area (Å²) in [6.45, 7) is 4.83. The van der Waals surface area contributed by atoms with E-state index in [4.69, 9.17) is 14.5 Å². The molecule has 0 radical (unpaired) electrons. The molecule has 0 atom stereocenters.